The van der Waals surface area contributed by atoms with Gasteiger partial charge in [0.15, 0.2) is 0 Å². The molecule has 1 N–H and O–H groups in total. The van der Waals surface area contributed by atoms with Crippen molar-refractivity contribution in [1.82, 2.24) is 9.80 Å². The molecule has 1 fully saturated rings. The van der Waals surface area contributed by atoms with Crippen molar-refractivity contribution in [3.05, 3.63) is 0 Å². The smallest absolute Gasteiger partial charge is 0.323 e. The van der Waals surface area contributed by atoms with Crippen LogP contribution >= 0.6 is 0 Å². The van der Waals surface area contributed by atoms with Gasteiger partial charge in [0.05, 0.1) is 0 Å². The van der Waals surface area contributed by atoms with Crippen LogP contribution in [0.1, 0.15) is 59.3 Å². The molecule has 0 unspecified atom stereocenters. The molecule has 116 valence electrons. The standard InChI is InChI=1S/C15H28N2O3/c1-15(2,3)17(11-13(18)19)14(20)16(4)12-9-7-5-6-8-10-12/h12H,5-11H2,1-4H3,(H,18,19). The van der Waals surface area contributed by atoms with E-state index in [0.717, 1.165) is 25.7 Å². The van der Waals surface area contributed by atoms with Gasteiger partial charge in [0.2, 0.25) is 0 Å². The molecule has 0 atom stereocenters. The van der Waals surface area contributed by atoms with Gasteiger partial charge < -0.3 is 14.9 Å². The highest BCUT2D eigenvalue weighted by molar-refractivity contribution is 5.81. The van der Waals surface area contributed by atoms with E-state index in [1.807, 2.05) is 20.8 Å². The highest BCUT2D eigenvalue weighted by atomic mass is 16.4. The number of aliphatic carboxylic acids is 1. The summed E-state index contributed by atoms with van der Waals surface area (Å²) in [5, 5.41) is 9.02. The molecule has 0 aliphatic heterocycles. The first-order chi connectivity index (χ1) is 9.23. The van der Waals surface area contributed by atoms with Crippen molar-refractivity contribution in [1.29, 1.82) is 0 Å². The van der Waals surface area contributed by atoms with Crippen molar-refractivity contribution < 1.29 is 14.7 Å². The highest BCUT2D eigenvalue weighted by Crippen LogP contribution is 2.23. The van der Waals surface area contributed by atoms with Crippen molar-refractivity contribution in [2.75, 3.05) is 13.6 Å². The number of urea groups is 1. The number of hydrogen-bond donors (Lipinski definition) is 1. The molecule has 0 radical (unpaired) electrons. The lowest BCUT2D eigenvalue weighted by Gasteiger charge is -2.39. The summed E-state index contributed by atoms with van der Waals surface area (Å²) in [5.74, 6) is -0.970. The summed E-state index contributed by atoms with van der Waals surface area (Å²) >= 11 is 0. The molecule has 0 saturated heterocycles. The van der Waals surface area contributed by atoms with Crippen LogP contribution in [-0.2, 0) is 4.79 Å². The lowest BCUT2D eigenvalue weighted by atomic mass is 10.1. The van der Waals surface area contributed by atoms with Gasteiger partial charge in [-0.1, -0.05) is 25.7 Å². The second-order valence-electron chi connectivity index (χ2n) is 6.69. The lowest BCUT2D eigenvalue weighted by Crippen LogP contribution is -2.54. The minimum absolute atomic E-state index is 0.174. The van der Waals surface area contributed by atoms with Gasteiger partial charge >= 0.3 is 12.0 Å². The number of carbonyl (C=O) groups is 2. The predicted molar refractivity (Wildman–Crippen MR) is 78.7 cm³/mol. The van der Waals surface area contributed by atoms with Gasteiger partial charge in [-0.15, -0.1) is 0 Å². The molecular formula is C15H28N2O3. The van der Waals surface area contributed by atoms with Gasteiger partial charge in [0.1, 0.15) is 6.54 Å². The third-order valence-corrected chi connectivity index (χ3v) is 4.01. The molecule has 1 aliphatic carbocycles. The van der Waals surface area contributed by atoms with Crippen LogP contribution in [-0.4, -0.2) is 52.1 Å². The molecule has 0 bridgehead atoms. The van der Waals surface area contributed by atoms with Crippen molar-refractivity contribution in [3.8, 4) is 0 Å². The first-order valence-corrected chi connectivity index (χ1v) is 7.49. The molecular weight excluding hydrogens is 256 g/mol. The zero-order valence-corrected chi connectivity index (χ0v) is 13.2. The summed E-state index contributed by atoms with van der Waals surface area (Å²) in [6, 6.07) is 0.0652. The fraction of sp³-hybridized carbons (Fsp3) is 0.867. The molecule has 0 heterocycles. The van der Waals surface area contributed by atoms with Crippen LogP contribution in [0.25, 0.3) is 0 Å². The first kappa shape index (κ1) is 16.8. The Kier molecular flexibility index (Phi) is 5.84. The maximum Gasteiger partial charge on any atom is 0.323 e. The van der Waals surface area contributed by atoms with Crippen LogP contribution < -0.4 is 0 Å². The summed E-state index contributed by atoms with van der Waals surface area (Å²) in [4.78, 5) is 26.8. The highest BCUT2D eigenvalue weighted by Gasteiger charge is 2.33. The lowest BCUT2D eigenvalue weighted by molar-refractivity contribution is -0.138. The quantitative estimate of drug-likeness (QED) is 0.811. The number of carboxylic acids is 1. The van der Waals surface area contributed by atoms with E-state index in [1.165, 1.54) is 17.7 Å². The van der Waals surface area contributed by atoms with E-state index >= 15 is 0 Å². The van der Waals surface area contributed by atoms with Gasteiger partial charge in [0.25, 0.3) is 0 Å². The summed E-state index contributed by atoms with van der Waals surface area (Å²) < 4.78 is 0. The van der Waals surface area contributed by atoms with Gasteiger partial charge in [-0.2, -0.15) is 0 Å². The molecule has 1 saturated carbocycles. The van der Waals surface area contributed by atoms with E-state index in [0.29, 0.717) is 0 Å². The monoisotopic (exact) mass is 284 g/mol. The van der Waals surface area contributed by atoms with Crippen molar-refractivity contribution in [3.63, 3.8) is 0 Å². The first-order valence-electron chi connectivity index (χ1n) is 7.49. The fourth-order valence-electron chi connectivity index (χ4n) is 2.72. The molecule has 0 aromatic heterocycles. The zero-order valence-electron chi connectivity index (χ0n) is 13.2. The SMILES string of the molecule is CN(C(=O)N(CC(=O)O)C(C)(C)C)C1CCCCCC1. The van der Waals surface area contributed by atoms with E-state index < -0.39 is 11.5 Å². The predicted octanol–water partition coefficient (Wildman–Crippen LogP) is 2.95. The normalized spacial score (nSPS) is 17.4. The molecule has 0 aromatic rings. The van der Waals surface area contributed by atoms with Gasteiger partial charge in [-0.3, -0.25) is 4.79 Å². The third-order valence-electron chi connectivity index (χ3n) is 4.01. The average Bonchev–Trinajstić information content (AvgIpc) is 2.61. The number of rotatable bonds is 3. The van der Waals surface area contributed by atoms with E-state index in [-0.39, 0.29) is 18.6 Å². The molecule has 5 nitrogen and oxygen atoms in total. The van der Waals surface area contributed by atoms with Crippen LogP contribution in [0.2, 0.25) is 0 Å². The number of hydrogen-bond acceptors (Lipinski definition) is 2. The number of carbonyl (C=O) groups excluding carboxylic acids is 1. The summed E-state index contributed by atoms with van der Waals surface area (Å²) in [6.45, 7) is 5.36. The Labute approximate surface area is 121 Å². The average molecular weight is 284 g/mol. The summed E-state index contributed by atoms with van der Waals surface area (Å²) in [6.07, 6.45) is 6.81. The molecule has 1 aliphatic rings. The Morgan fingerprint density at radius 2 is 1.60 bits per heavy atom. The number of amides is 2. The molecule has 20 heavy (non-hydrogen) atoms. The molecule has 0 spiro atoms. The number of nitrogens with zero attached hydrogens (tertiary/aromatic N) is 2. The second kappa shape index (κ2) is 6.95. The molecule has 5 heteroatoms. The third kappa shape index (κ3) is 4.69. The Hall–Kier alpha value is -1.26. The number of carboxylic acid groups (broad SMARTS) is 1. The van der Waals surface area contributed by atoms with Crippen LogP contribution in [0, 0.1) is 0 Å². The maximum atomic E-state index is 12.6. The molecule has 2 amide bonds. The Morgan fingerprint density at radius 3 is 2.00 bits per heavy atom. The molecule has 0 aromatic carbocycles. The Bertz CT molecular complexity index is 342. The van der Waals surface area contributed by atoms with Gasteiger partial charge in [-0.05, 0) is 33.6 Å². The summed E-state index contributed by atoms with van der Waals surface area (Å²) in [5.41, 5.74) is -0.492. The van der Waals surface area contributed by atoms with Crippen molar-refractivity contribution in [2.45, 2.75) is 70.9 Å². The fourth-order valence-corrected chi connectivity index (χ4v) is 2.72. The van der Waals surface area contributed by atoms with E-state index in [4.69, 9.17) is 5.11 Å². The topological polar surface area (TPSA) is 60.9 Å². The zero-order chi connectivity index (χ0) is 15.3. The largest absolute Gasteiger partial charge is 0.480 e. The van der Waals surface area contributed by atoms with E-state index in [9.17, 15) is 9.59 Å². The van der Waals surface area contributed by atoms with Crippen LogP contribution in [0.15, 0.2) is 0 Å². The Balaban J connectivity index is 2.79. The van der Waals surface area contributed by atoms with Gasteiger partial charge in [-0.25, -0.2) is 4.79 Å². The molecule has 1 rings (SSSR count). The van der Waals surface area contributed by atoms with Crippen LogP contribution in [0.4, 0.5) is 4.79 Å². The Morgan fingerprint density at radius 1 is 1.10 bits per heavy atom. The van der Waals surface area contributed by atoms with Crippen molar-refractivity contribution >= 4 is 12.0 Å². The second-order valence-corrected chi connectivity index (χ2v) is 6.69. The van der Waals surface area contributed by atoms with Crippen LogP contribution in [0.5, 0.6) is 0 Å². The van der Waals surface area contributed by atoms with Gasteiger partial charge in [0, 0.05) is 18.6 Å². The minimum atomic E-state index is -0.970. The minimum Gasteiger partial charge on any atom is -0.480 e. The maximum absolute atomic E-state index is 12.6. The van der Waals surface area contributed by atoms with E-state index in [1.54, 1.807) is 11.9 Å². The van der Waals surface area contributed by atoms with E-state index in [2.05, 4.69) is 0 Å². The van der Waals surface area contributed by atoms with Crippen LogP contribution in [0.3, 0.4) is 0 Å². The summed E-state index contributed by atoms with van der Waals surface area (Å²) in [7, 11) is 1.80. The van der Waals surface area contributed by atoms with Crippen molar-refractivity contribution in [2.24, 2.45) is 0 Å².